The van der Waals surface area contributed by atoms with Gasteiger partial charge < -0.3 is 11.1 Å². The average Bonchev–Trinajstić information content (AvgIpc) is 2.77. The SMILES string of the molecule is Cc1nc(Cl)nc(NC(C)Cc2cccs2)c1N. The van der Waals surface area contributed by atoms with E-state index >= 15 is 0 Å². The van der Waals surface area contributed by atoms with Crippen LogP contribution in [-0.4, -0.2) is 16.0 Å². The zero-order chi connectivity index (χ0) is 13.1. The van der Waals surface area contributed by atoms with Crippen molar-refractivity contribution in [2.24, 2.45) is 0 Å². The van der Waals surface area contributed by atoms with E-state index in [0.29, 0.717) is 17.2 Å². The first-order valence-electron chi connectivity index (χ1n) is 5.65. The second-order valence-electron chi connectivity index (χ2n) is 4.17. The first-order valence-corrected chi connectivity index (χ1v) is 6.90. The fourth-order valence-electron chi connectivity index (χ4n) is 1.67. The molecule has 2 aromatic heterocycles. The number of anilines is 2. The molecule has 0 aromatic carbocycles. The number of thiophene rings is 1. The smallest absolute Gasteiger partial charge is 0.224 e. The van der Waals surface area contributed by atoms with Crippen LogP contribution in [0.5, 0.6) is 0 Å². The molecule has 2 aromatic rings. The Morgan fingerprint density at radius 1 is 1.50 bits per heavy atom. The summed E-state index contributed by atoms with van der Waals surface area (Å²) in [6.07, 6.45) is 0.928. The quantitative estimate of drug-likeness (QED) is 0.846. The van der Waals surface area contributed by atoms with Gasteiger partial charge in [0, 0.05) is 17.3 Å². The van der Waals surface area contributed by atoms with E-state index in [9.17, 15) is 0 Å². The maximum atomic E-state index is 5.93. The van der Waals surface area contributed by atoms with Gasteiger partial charge in [-0.05, 0) is 36.9 Å². The Labute approximate surface area is 115 Å². The molecule has 0 saturated heterocycles. The maximum absolute atomic E-state index is 5.93. The lowest BCUT2D eigenvalue weighted by molar-refractivity contribution is 0.793. The van der Waals surface area contributed by atoms with Crippen LogP contribution in [0.1, 0.15) is 17.5 Å². The molecular formula is C12H15ClN4S. The molecule has 6 heteroatoms. The van der Waals surface area contributed by atoms with Crippen molar-refractivity contribution in [2.75, 3.05) is 11.1 Å². The molecule has 4 nitrogen and oxygen atoms in total. The van der Waals surface area contributed by atoms with Gasteiger partial charge in [-0.1, -0.05) is 6.07 Å². The fraction of sp³-hybridized carbons (Fsp3) is 0.333. The van der Waals surface area contributed by atoms with Crippen molar-refractivity contribution in [3.63, 3.8) is 0 Å². The van der Waals surface area contributed by atoms with Crippen LogP contribution in [0.15, 0.2) is 17.5 Å². The van der Waals surface area contributed by atoms with Gasteiger partial charge >= 0.3 is 0 Å². The number of halogens is 1. The van der Waals surface area contributed by atoms with Crippen LogP contribution < -0.4 is 11.1 Å². The largest absolute Gasteiger partial charge is 0.394 e. The summed E-state index contributed by atoms with van der Waals surface area (Å²) in [5.74, 6) is 0.608. The second-order valence-corrected chi connectivity index (χ2v) is 5.54. The summed E-state index contributed by atoms with van der Waals surface area (Å²) in [5.41, 5.74) is 7.18. The molecule has 0 bridgehead atoms. The van der Waals surface area contributed by atoms with Gasteiger partial charge in [-0.3, -0.25) is 0 Å². The zero-order valence-electron chi connectivity index (χ0n) is 10.3. The minimum atomic E-state index is 0.215. The van der Waals surface area contributed by atoms with Gasteiger partial charge in [0.05, 0.1) is 11.4 Å². The van der Waals surface area contributed by atoms with E-state index < -0.39 is 0 Å². The Kier molecular flexibility index (Phi) is 4.04. The highest BCUT2D eigenvalue weighted by atomic mass is 35.5. The highest BCUT2D eigenvalue weighted by molar-refractivity contribution is 7.09. The monoisotopic (exact) mass is 282 g/mol. The normalized spacial score (nSPS) is 12.4. The Hall–Kier alpha value is -1.33. The van der Waals surface area contributed by atoms with Crippen LogP contribution in [0.25, 0.3) is 0 Å². The van der Waals surface area contributed by atoms with Gasteiger partial charge in [0.2, 0.25) is 5.28 Å². The molecule has 2 heterocycles. The summed E-state index contributed by atoms with van der Waals surface area (Å²) in [4.78, 5) is 9.46. The Balaban J connectivity index is 2.09. The van der Waals surface area contributed by atoms with Crippen LogP contribution in [-0.2, 0) is 6.42 Å². The first-order chi connectivity index (χ1) is 8.56. The molecule has 0 aliphatic rings. The molecular weight excluding hydrogens is 268 g/mol. The van der Waals surface area contributed by atoms with Gasteiger partial charge in [0.15, 0.2) is 5.82 Å². The average molecular weight is 283 g/mol. The predicted octanol–water partition coefficient (Wildman–Crippen LogP) is 3.13. The van der Waals surface area contributed by atoms with Crippen LogP contribution in [0, 0.1) is 6.92 Å². The van der Waals surface area contributed by atoms with Gasteiger partial charge in [0.25, 0.3) is 0 Å². The standard InChI is InChI=1S/C12H15ClN4S/c1-7(6-9-4-3-5-18-9)15-11-10(14)8(2)16-12(13)17-11/h3-5,7H,6,14H2,1-2H3,(H,15,16,17). The van der Waals surface area contributed by atoms with Crippen molar-refractivity contribution in [3.8, 4) is 0 Å². The third-order valence-corrected chi connectivity index (χ3v) is 3.65. The van der Waals surface area contributed by atoms with E-state index in [4.69, 9.17) is 17.3 Å². The van der Waals surface area contributed by atoms with E-state index in [0.717, 1.165) is 6.42 Å². The van der Waals surface area contributed by atoms with Crippen LogP contribution in [0.2, 0.25) is 5.28 Å². The van der Waals surface area contributed by atoms with Crippen LogP contribution in [0.3, 0.4) is 0 Å². The molecule has 1 atom stereocenters. The van der Waals surface area contributed by atoms with Crippen molar-refractivity contribution in [1.29, 1.82) is 0 Å². The number of nitrogens with two attached hydrogens (primary N) is 1. The van der Waals surface area contributed by atoms with Crippen molar-refractivity contribution in [3.05, 3.63) is 33.4 Å². The summed E-state index contributed by atoms with van der Waals surface area (Å²) in [7, 11) is 0. The van der Waals surface area contributed by atoms with Gasteiger partial charge in [0.1, 0.15) is 0 Å². The number of nitrogen functional groups attached to an aromatic ring is 1. The van der Waals surface area contributed by atoms with Crippen molar-refractivity contribution >= 4 is 34.4 Å². The molecule has 96 valence electrons. The summed E-state index contributed by atoms with van der Waals surface area (Å²) in [6.45, 7) is 3.91. The molecule has 0 fully saturated rings. The van der Waals surface area contributed by atoms with Crippen LogP contribution >= 0.6 is 22.9 Å². The molecule has 0 saturated carbocycles. The van der Waals surface area contributed by atoms with Crippen molar-refractivity contribution in [2.45, 2.75) is 26.3 Å². The predicted molar refractivity (Wildman–Crippen MR) is 77.3 cm³/mol. The number of hydrogen-bond donors (Lipinski definition) is 2. The maximum Gasteiger partial charge on any atom is 0.224 e. The van der Waals surface area contributed by atoms with E-state index in [2.05, 4.69) is 33.7 Å². The lowest BCUT2D eigenvalue weighted by Gasteiger charge is -2.16. The molecule has 0 spiro atoms. The van der Waals surface area contributed by atoms with E-state index in [1.807, 2.05) is 13.0 Å². The van der Waals surface area contributed by atoms with Crippen molar-refractivity contribution in [1.82, 2.24) is 9.97 Å². The number of aromatic nitrogens is 2. The third-order valence-electron chi connectivity index (χ3n) is 2.58. The third kappa shape index (κ3) is 3.11. The summed E-state index contributed by atoms with van der Waals surface area (Å²) < 4.78 is 0. The Bertz CT molecular complexity index is 527. The van der Waals surface area contributed by atoms with Gasteiger partial charge in [-0.2, -0.15) is 4.98 Å². The number of rotatable bonds is 4. The van der Waals surface area contributed by atoms with E-state index in [1.165, 1.54) is 4.88 Å². The highest BCUT2D eigenvalue weighted by Gasteiger charge is 2.11. The number of nitrogens with one attached hydrogen (secondary N) is 1. The molecule has 18 heavy (non-hydrogen) atoms. The number of nitrogens with zero attached hydrogens (tertiary/aromatic N) is 2. The molecule has 0 amide bonds. The molecule has 2 rings (SSSR count). The molecule has 1 unspecified atom stereocenters. The highest BCUT2D eigenvalue weighted by Crippen LogP contribution is 2.22. The van der Waals surface area contributed by atoms with Gasteiger partial charge in [-0.15, -0.1) is 11.3 Å². The second kappa shape index (κ2) is 5.54. The van der Waals surface area contributed by atoms with Crippen molar-refractivity contribution < 1.29 is 0 Å². The van der Waals surface area contributed by atoms with Crippen LogP contribution in [0.4, 0.5) is 11.5 Å². The Morgan fingerprint density at radius 2 is 2.28 bits per heavy atom. The molecule has 0 radical (unpaired) electrons. The number of aryl methyl sites for hydroxylation is 1. The molecule has 3 N–H and O–H groups in total. The lowest BCUT2D eigenvalue weighted by Crippen LogP contribution is -2.20. The molecule has 0 aliphatic carbocycles. The summed E-state index contributed by atoms with van der Waals surface area (Å²) in [5, 5.41) is 5.56. The zero-order valence-corrected chi connectivity index (χ0v) is 11.8. The molecule has 0 aliphatic heterocycles. The summed E-state index contributed by atoms with van der Waals surface area (Å²) in [6, 6.07) is 4.40. The fourth-order valence-corrected chi connectivity index (χ4v) is 2.72. The summed E-state index contributed by atoms with van der Waals surface area (Å²) >= 11 is 7.57. The van der Waals surface area contributed by atoms with E-state index in [-0.39, 0.29) is 11.3 Å². The Morgan fingerprint density at radius 3 is 2.94 bits per heavy atom. The number of hydrogen-bond acceptors (Lipinski definition) is 5. The topological polar surface area (TPSA) is 63.8 Å². The minimum absolute atomic E-state index is 0.215. The first kappa shape index (κ1) is 13.1. The lowest BCUT2D eigenvalue weighted by atomic mass is 10.2. The van der Waals surface area contributed by atoms with Gasteiger partial charge in [-0.25, -0.2) is 4.98 Å². The van der Waals surface area contributed by atoms with E-state index in [1.54, 1.807) is 11.3 Å². The minimum Gasteiger partial charge on any atom is -0.394 e.